The summed E-state index contributed by atoms with van der Waals surface area (Å²) in [6, 6.07) is 2.78. The second kappa shape index (κ2) is 7.44. The first kappa shape index (κ1) is 16.7. The van der Waals surface area contributed by atoms with Crippen LogP contribution in [0.25, 0.3) is 0 Å². The van der Waals surface area contributed by atoms with Gasteiger partial charge in [-0.1, -0.05) is 34.6 Å². The Labute approximate surface area is 123 Å². The number of aryl methyl sites for hydroxylation is 1. The van der Waals surface area contributed by atoms with Crippen molar-refractivity contribution in [2.24, 2.45) is 11.3 Å². The highest BCUT2D eigenvalue weighted by atomic mass is 32.1. The fourth-order valence-corrected chi connectivity index (χ4v) is 3.89. The molecule has 0 fully saturated rings. The van der Waals surface area contributed by atoms with Crippen LogP contribution in [-0.2, 0) is 0 Å². The predicted octanol–water partition coefficient (Wildman–Crippen LogP) is 5.56. The zero-order valence-electron chi connectivity index (χ0n) is 13.5. The maximum Gasteiger partial charge on any atom is 0.0420 e. The van der Waals surface area contributed by atoms with Gasteiger partial charge in [0.25, 0.3) is 0 Å². The van der Waals surface area contributed by atoms with Crippen molar-refractivity contribution < 1.29 is 0 Å². The Hall–Kier alpha value is -0.340. The van der Waals surface area contributed by atoms with E-state index in [1.165, 1.54) is 29.7 Å². The van der Waals surface area contributed by atoms with Gasteiger partial charge in [-0.15, -0.1) is 11.3 Å². The fourth-order valence-electron chi connectivity index (χ4n) is 2.87. The van der Waals surface area contributed by atoms with Crippen molar-refractivity contribution >= 4 is 11.3 Å². The summed E-state index contributed by atoms with van der Waals surface area (Å²) in [7, 11) is 0. The standard InChI is InChI=1S/C17H31NS/c1-7-9-18-15(16-14(3)8-10-19-16)11-13(2)12-17(4,5)6/h8,10,13,15,18H,7,9,11-12H2,1-6H3. The summed E-state index contributed by atoms with van der Waals surface area (Å²) in [5.74, 6) is 0.760. The van der Waals surface area contributed by atoms with E-state index in [1.807, 2.05) is 11.3 Å². The van der Waals surface area contributed by atoms with Crippen molar-refractivity contribution in [1.29, 1.82) is 0 Å². The molecule has 1 nitrogen and oxygen atoms in total. The molecule has 110 valence electrons. The van der Waals surface area contributed by atoms with E-state index >= 15 is 0 Å². The van der Waals surface area contributed by atoms with Crippen molar-refractivity contribution in [1.82, 2.24) is 5.32 Å². The number of thiophene rings is 1. The molecule has 1 heterocycles. The van der Waals surface area contributed by atoms with Gasteiger partial charge in [-0.25, -0.2) is 0 Å². The van der Waals surface area contributed by atoms with E-state index in [-0.39, 0.29) is 0 Å². The Morgan fingerprint density at radius 2 is 2.00 bits per heavy atom. The van der Waals surface area contributed by atoms with Gasteiger partial charge in [-0.2, -0.15) is 0 Å². The second-order valence-corrected chi connectivity index (χ2v) is 8.03. The Balaban J connectivity index is 2.67. The van der Waals surface area contributed by atoms with Crippen LogP contribution in [0.5, 0.6) is 0 Å². The largest absolute Gasteiger partial charge is 0.309 e. The number of hydrogen-bond acceptors (Lipinski definition) is 2. The highest BCUT2D eigenvalue weighted by Crippen LogP contribution is 2.33. The molecule has 0 spiro atoms. The molecule has 0 saturated heterocycles. The summed E-state index contributed by atoms with van der Waals surface area (Å²) in [6.45, 7) is 15.0. The molecule has 0 aromatic carbocycles. The molecule has 0 aliphatic carbocycles. The van der Waals surface area contributed by atoms with Crippen molar-refractivity contribution in [2.75, 3.05) is 6.54 Å². The summed E-state index contributed by atoms with van der Waals surface area (Å²) in [4.78, 5) is 1.54. The minimum Gasteiger partial charge on any atom is -0.309 e. The maximum absolute atomic E-state index is 3.74. The summed E-state index contributed by atoms with van der Waals surface area (Å²) in [5.41, 5.74) is 1.88. The third-order valence-corrected chi connectivity index (χ3v) is 4.59. The first-order valence-electron chi connectivity index (χ1n) is 7.61. The Bertz CT molecular complexity index is 362. The monoisotopic (exact) mass is 281 g/mol. The van der Waals surface area contributed by atoms with E-state index < -0.39 is 0 Å². The summed E-state index contributed by atoms with van der Waals surface area (Å²) in [6.07, 6.45) is 3.74. The molecule has 0 aliphatic rings. The van der Waals surface area contributed by atoms with E-state index in [9.17, 15) is 0 Å². The lowest BCUT2D eigenvalue weighted by molar-refractivity contribution is 0.276. The second-order valence-electron chi connectivity index (χ2n) is 7.08. The topological polar surface area (TPSA) is 12.0 Å². The molecule has 1 rings (SSSR count). The fraction of sp³-hybridized carbons (Fsp3) is 0.765. The highest BCUT2D eigenvalue weighted by Gasteiger charge is 2.21. The van der Waals surface area contributed by atoms with Crippen LogP contribution in [0.1, 0.15) is 70.4 Å². The van der Waals surface area contributed by atoms with E-state index in [0.29, 0.717) is 11.5 Å². The lowest BCUT2D eigenvalue weighted by Crippen LogP contribution is -2.25. The van der Waals surface area contributed by atoms with Crippen LogP contribution in [-0.4, -0.2) is 6.54 Å². The van der Waals surface area contributed by atoms with E-state index in [4.69, 9.17) is 0 Å². The van der Waals surface area contributed by atoms with Crippen molar-refractivity contribution in [3.8, 4) is 0 Å². The van der Waals surface area contributed by atoms with Gasteiger partial charge in [0.2, 0.25) is 0 Å². The van der Waals surface area contributed by atoms with Crippen LogP contribution in [0.3, 0.4) is 0 Å². The molecular formula is C17H31NS. The summed E-state index contributed by atoms with van der Waals surface area (Å²) >= 11 is 1.91. The van der Waals surface area contributed by atoms with E-state index in [0.717, 1.165) is 12.5 Å². The molecule has 0 radical (unpaired) electrons. The van der Waals surface area contributed by atoms with Gasteiger partial charge in [0, 0.05) is 10.9 Å². The Morgan fingerprint density at radius 1 is 1.32 bits per heavy atom. The number of hydrogen-bond donors (Lipinski definition) is 1. The normalized spacial score (nSPS) is 15.5. The van der Waals surface area contributed by atoms with Gasteiger partial charge in [-0.05, 0) is 61.1 Å². The average Bonchev–Trinajstić information content (AvgIpc) is 2.68. The zero-order valence-corrected chi connectivity index (χ0v) is 14.4. The molecule has 0 saturated carbocycles. The molecule has 1 aromatic rings. The third kappa shape index (κ3) is 6.09. The average molecular weight is 282 g/mol. The van der Waals surface area contributed by atoms with Gasteiger partial charge < -0.3 is 5.32 Å². The van der Waals surface area contributed by atoms with Crippen molar-refractivity contribution in [2.45, 2.75) is 66.8 Å². The Kier molecular flexibility index (Phi) is 6.55. The zero-order chi connectivity index (χ0) is 14.5. The van der Waals surface area contributed by atoms with Gasteiger partial charge in [0.05, 0.1) is 0 Å². The molecule has 0 bridgehead atoms. The van der Waals surface area contributed by atoms with Crippen molar-refractivity contribution in [3.05, 3.63) is 21.9 Å². The smallest absolute Gasteiger partial charge is 0.0420 e. The van der Waals surface area contributed by atoms with Crippen LogP contribution in [0.4, 0.5) is 0 Å². The lowest BCUT2D eigenvalue weighted by Gasteiger charge is -2.27. The molecule has 2 atom stereocenters. The van der Waals surface area contributed by atoms with E-state index in [2.05, 4.69) is 58.3 Å². The molecule has 2 unspecified atom stereocenters. The van der Waals surface area contributed by atoms with Crippen LogP contribution in [0.2, 0.25) is 0 Å². The van der Waals surface area contributed by atoms with Gasteiger partial charge >= 0.3 is 0 Å². The van der Waals surface area contributed by atoms with Crippen LogP contribution < -0.4 is 5.32 Å². The van der Waals surface area contributed by atoms with Crippen molar-refractivity contribution in [3.63, 3.8) is 0 Å². The highest BCUT2D eigenvalue weighted by molar-refractivity contribution is 7.10. The minimum atomic E-state index is 0.430. The minimum absolute atomic E-state index is 0.430. The third-order valence-electron chi connectivity index (χ3n) is 3.46. The van der Waals surface area contributed by atoms with Crippen LogP contribution >= 0.6 is 11.3 Å². The van der Waals surface area contributed by atoms with E-state index in [1.54, 1.807) is 0 Å². The lowest BCUT2D eigenvalue weighted by atomic mass is 9.82. The van der Waals surface area contributed by atoms with Crippen LogP contribution in [0, 0.1) is 18.3 Å². The summed E-state index contributed by atoms with van der Waals surface area (Å²) < 4.78 is 0. The van der Waals surface area contributed by atoms with Gasteiger partial charge in [0.1, 0.15) is 0 Å². The molecule has 2 heteroatoms. The number of nitrogens with one attached hydrogen (secondary N) is 1. The van der Waals surface area contributed by atoms with Gasteiger partial charge in [0.15, 0.2) is 0 Å². The van der Waals surface area contributed by atoms with Gasteiger partial charge in [-0.3, -0.25) is 0 Å². The molecule has 0 aliphatic heterocycles. The first-order chi connectivity index (χ1) is 8.83. The predicted molar refractivity (Wildman–Crippen MR) is 87.9 cm³/mol. The molecule has 1 N–H and O–H groups in total. The quantitative estimate of drug-likeness (QED) is 0.690. The van der Waals surface area contributed by atoms with Crippen LogP contribution in [0.15, 0.2) is 11.4 Å². The first-order valence-corrected chi connectivity index (χ1v) is 8.49. The molecular weight excluding hydrogens is 250 g/mol. The number of rotatable bonds is 7. The molecule has 1 aromatic heterocycles. The Morgan fingerprint density at radius 3 is 2.47 bits per heavy atom. The maximum atomic E-state index is 3.74. The summed E-state index contributed by atoms with van der Waals surface area (Å²) in [5, 5.41) is 5.96. The SMILES string of the molecule is CCCNC(CC(C)CC(C)(C)C)c1sccc1C. The molecule has 19 heavy (non-hydrogen) atoms. The molecule has 0 amide bonds.